The zero-order chi connectivity index (χ0) is 9.10. The molecule has 1 aliphatic carbocycles. The number of pyridine rings is 1. The van der Waals surface area contributed by atoms with Crippen molar-refractivity contribution in [3.05, 3.63) is 24.0 Å². The van der Waals surface area contributed by atoms with Crippen LogP contribution in [0.3, 0.4) is 0 Å². The number of anilines is 1. The molecule has 0 aromatic carbocycles. The normalized spacial score (nSPS) is 17.6. The lowest BCUT2D eigenvalue weighted by atomic mass is 10.2. The Morgan fingerprint density at radius 2 is 2.08 bits per heavy atom. The Bertz CT molecular complexity index is 260. The van der Waals surface area contributed by atoms with Crippen molar-refractivity contribution in [2.45, 2.75) is 38.6 Å². The molecule has 0 saturated heterocycles. The van der Waals surface area contributed by atoms with Gasteiger partial charge in [0.15, 0.2) is 0 Å². The first kappa shape index (κ1) is 8.54. The first-order valence-corrected chi connectivity index (χ1v) is 5.04. The molecule has 0 radical (unpaired) electrons. The summed E-state index contributed by atoms with van der Waals surface area (Å²) in [6.07, 6.45) is 7.29. The lowest BCUT2D eigenvalue weighted by Crippen LogP contribution is -2.14. The van der Waals surface area contributed by atoms with Gasteiger partial charge in [-0.05, 0) is 31.9 Å². The Balaban J connectivity index is 1.97. The van der Waals surface area contributed by atoms with E-state index in [9.17, 15) is 0 Å². The number of nitrogens with zero attached hydrogens (tertiary/aromatic N) is 1. The van der Waals surface area contributed by atoms with Crippen LogP contribution >= 0.6 is 0 Å². The van der Waals surface area contributed by atoms with E-state index in [4.69, 9.17) is 0 Å². The zero-order valence-electron chi connectivity index (χ0n) is 8.09. The molecule has 0 spiro atoms. The highest BCUT2D eigenvalue weighted by Crippen LogP contribution is 2.21. The predicted octanol–water partition coefficient (Wildman–Crippen LogP) is 2.74. The summed E-state index contributed by atoms with van der Waals surface area (Å²) in [7, 11) is 0. The van der Waals surface area contributed by atoms with Crippen LogP contribution in [-0.4, -0.2) is 11.0 Å². The van der Waals surface area contributed by atoms with E-state index in [0.717, 1.165) is 11.4 Å². The molecule has 0 aliphatic heterocycles. The maximum absolute atomic E-state index is 4.26. The van der Waals surface area contributed by atoms with E-state index in [2.05, 4.69) is 22.4 Å². The molecule has 2 nitrogen and oxygen atoms in total. The Morgan fingerprint density at radius 3 is 2.69 bits per heavy atom. The van der Waals surface area contributed by atoms with Gasteiger partial charge in [-0.3, -0.25) is 4.98 Å². The van der Waals surface area contributed by atoms with E-state index >= 15 is 0 Å². The predicted molar refractivity (Wildman–Crippen MR) is 54.9 cm³/mol. The monoisotopic (exact) mass is 176 g/mol. The van der Waals surface area contributed by atoms with Crippen molar-refractivity contribution in [1.29, 1.82) is 0 Å². The molecule has 1 saturated carbocycles. The summed E-state index contributed by atoms with van der Waals surface area (Å²) < 4.78 is 0. The van der Waals surface area contributed by atoms with Gasteiger partial charge >= 0.3 is 0 Å². The van der Waals surface area contributed by atoms with Crippen molar-refractivity contribution >= 4 is 5.69 Å². The number of aromatic nitrogens is 1. The summed E-state index contributed by atoms with van der Waals surface area (Å²) in [5.41, 5.74) is 2.24. The molecular formula is C11H16N2. The lowest BCUT2D eigenvalue weighted by Gasteiger charge is -2.12. The van der Waals surface area contributed by atoms with E-state index in [1.807, 2.05) is 13.1 Å². The third-order valence-electron chi connectivity index (χ3n) is 2.64. The summed E-state index contributed by atoms with van der Waals surface area (Å²) in [5.74, 6) is 0. The van der Waals surface area contributed by atoms with Crippen LogP contribution in [0.2, 0.25) is 0 Å². The molecule has 1 aliphatic rings. The molecular weight excluding hydrogens is 160 g/mol. The van der Waals surface area contributed by atoms with Crippen LogP contribution in [0.25, 0.3) is 0 Å². The van der Waals surface area contributed by atoms with Crippen LogP contribution < -0.4 is 5.32 Å². The summed E-state index contributed by atoms with van der Waals surface area (Å²) in [6.45, 7) is 2.01. The molecule has 0 amide bonds. The minimum atomic E-state index is 0.685. The van der Waals surface area contributed by atoms with Gasteiger partial charge in [-0.25, -0.2) is 0 Å². The van der Waals surface area contributed by atoms with Crippen LogP contribution in [0.4, 0.5) is 5.69 Å². The van der Waals surface area contributed by atoms with Gasteiger partial charge in [0, 0.05) is 11.7 Å². The minimum absolute atomic E-state index is 0.685. The van der Waals surface area contributed by atoms with Gasteiger partial charge in [0.2, 0.25) is 0 Å². The smallest absolute Gasteiger partial charge is 0.0529 e. The maximum Gasteiger partial charge on any atom is 0.0529 e. The Kier molecular flexibility index (Phi) is 2.48. The molecule has 2 heteroatoms. The molecule has 1 N–H and O–H groups in total. The molecule has 0 bridgehead atoms. The summed E-state index contributed by atoms with van der Waals surface area (Å²) in [4.78, 5) is 4.26. The summed E-state index contributed by atoms with van der Waals surface area (Å²) in [6, 6.07) is 4.85. The van der Waals surface area contributed by atoms with Crippen molar-refractivity contribution < 1.29 is 0 Å². The van der Waals surface area contributed by atoms with Crippen molar-refractivity contribution in [2.24, 2.45) is 0 Å². The average Bonchev–Trinajstić information content (AvgIpc) is 2.62. The van der Waals surface area contributed by atoms with Crippen LogP contribution in [0, 0.1) is 6.92 Å². The molecule has 0 unspecified atom stereocenters. The fourth-order valence-electron chi connectivity index (χ4n) is 1.86. The van der Waals surface area contributed by atoms with E-state index in [0.29, 0.717) is 6.04 Å². The van der Waals surface area contributed by atoms with Gasteiger partial charge in [-0.15, -0.1) is 0 Å². The average molecular weight is 176 g/mol. The third-order valence-corrected chi connectivity index (χ3v) is 2.64. The minimum Gasteiger partial charge on any atom is -0.381 e. The Morgan fingerprint density at radius 1 is 1.31 bits per heavy atom. The molecule has 2 rings (SSSR count). The molecule has 1 aromatic rings. The molecule has 1 heterocycles. The number of hydrogen-bond acceptors (Lipinski definition) is 2. The number of nitrogens with one attached hydrogen (secondary N) is 1. The second kappa shape index (κ2) is 3.77. The van der Waals surface area contributed by atoms with Gasteiger partial charge < -0.3 is 5.32 Å². The summed E-state index contributed by atoms with van der Waals surface area (Å²) in [5, 5.41) is 3.51. The van der Waals surface area contributed by atoms with E-state index < -0.39 is 0 Å². The number of aryl methyl sites for hydroxylation is 1. The molecule has 0 atom stereocenters. The second-order valence-corrected chi connectivity index (χ2v) is 3.81. The van der Waals surface area contributed by atoms with Crippen LogP contribution in [-0.2, 0) is 0 Å². The molecule has 70 valence electrons. The van der Waals surface area contributed by atoms with Gasteiger partial charge in [-0.1, -0.05) is 12.8 Å². The highest BCUT2D eigenvalue weighted by Gasteiger charge is 2.13. The van der Waals surface area contributed by atoms with Crippen molar-refractivity contribution in [2.75, 3.05) is 5.32 Å². The Hall–Kier alpha value is -1.05. The van der Waals surface area contributed by atoms with Gasteiger partial charge in [-0.2, -0.15) is 0 Å². The van der Waals surface area contributed by atoms with E-state index in [1.165, 1.54) is 25.7 Å². The second-order valence-electron chi connectivity index (χ2n) is 3.81. The van der Waals surface area contributed by atoms with E-state index in [1.54, 1.807) is 0 Å². The first-order chi connectivity index (χ1) is 6.34. The number of hydrogen-bond donors (Lipinski definition) is 1. The standard InChI is InChI=1S/C11H16N2/c1-9-6-7-11(8-12-9)13-10-4-2-3-5-10/h6-8,10,13H,2-5H2,1H3. The summed E-state index contributed by atoms with van der Waals surface area (Å²) >= 11 is 0. The fraction of sp³-hybridized carbons (Fsp3) is 0.545. The van der Waals surface area contributed by atoms with Gasteiger partial charge in [0.1, 0.15) is 0 Å². The lowest BCUT2D eigenvalue weighted by molar-refractivity contribution is 0.754. The molecule has 1 fully saturated rings. The molecule has 13 heavy (non-hydrogen) atoms. The number of rotatable bonds is 2. The van der Waals surface area contributed by atoms with Crippen molar-refractivity contribution in [1.82, 2.24) is 4.98 Å². The van der Waals surface area contributed by atoms with Gasteiger partial charge in [0.25, 0.3) is 0 Å². The molecule has 1 aromatic heterocycles. The highest BCUT2D eigenvalue weighted by atomic mass is 14.9. The van der Waals surface area contributed by atoms with Crippen LogP contribution in [0.1, 0.15) is 31.4 Å². The SMILES string of the molecule is Cc1ccc(NC2CCCC2)cn1. The maximum atomic E-state index is 4.26. The van der Waals surface area contributed by atoms with Crippen molar-refractivity contribution in [3.8, 4) is 0 Å². The first-order valence-electron chi connectivity index (χ1n) is 5.04. The third kappa shape index (κ3) is 2.20. The van der Waals surface area contributed by atoms with E-state index in [-0.39, 0.29) is 0 Å². The van der Waals surface area contributed by atoms with Crippen LogP contribution in [0.15, 0.2) is 18.3 Å². The zero-order valence-corrected chi connectivity index (χ0v) is 8.09. The Labute approximate surface area is 79.4 Å². The van der Waals surface area contributed by atoms with Crippen molar-refractivity contribution in [3.63, 3.8) is 0 Å². The topological polar surface area (TPSA) is 24.9 Å². The van der Waals surface area contributed by atoms with Crippen LogP contribution in [0.5, 0.6) is 0 Å². The quantitative estimate of drug-likeness (QED) is 0.749. The largest absolute Gasteiger partial charge is 0.381 e. The fourth-order valence-corrected chi connectivity index (χ4v) is 1.86. The van der Waals surface area contributed by atoms with Gasteiger partial charge in [0.05, 0.1) is 11.9 Å². The highest BCUT2D eigenvalue weighted by molar-refractivity contribution is 5.41.